The Labute approximate surface area is 181 Å². The number of hydrogen-bond acceptors (Lipinski definition) is 6. The van der Waals surface area contributed by atoms with Crippen molar-refractivity contribution in [2.75, 3.05) is 63.8 Å². The number of rotatable bonds is 6. The van der Waals surface area contributed by atoms with E-state index in [-0.39, 0.29) is 5.91 Å². The zero-order valence-corrected chi connectivity index (χ0v) is 18.0. The quantitative estimate of drug-likeness (QED) is 0.753. The number of nitrogens with zero attached hydrogens (tertiary/aromatic N) is 4. The molecule has 7 nitrogen and oxygen atoms in total. The monoisotopic (exact) mass is 427 g/mol. The molecule has 2 aliphatic heterocycles. The summed E-state index contributed by atoms with van der Waals surface area (Å²) < 4.78 is 0. The van der Waals surface area contributed by atoms with Crippen molar-refractivity contribution < 1.29 is 9.59 Å². The lowest BCUT2D eigenvalue weighted by atomic mass is 10.1. The molecule has 2 saturated heterocycles. The second kappa shape index (κ2) is 9.59. The van der Waals surface area contributed by atoms with Gasteiger partial charge in [0.1, 0.15) is 0 Å². The molecule has 2 aromatic rings. The molecule has 4 rings (SSSR count). The Morgan fingerprint density at radius 2 is 1.53 bits per heavy atom. The largest absolute Gasteiger partial charge is 0.369 e. The van der Waals surface area contributed by atoms with Crippen LogP contribution in [0, 0.1) is 0 Å². The number of primary amides is 1. The molecule has 0 aliphatic carbocycles. The molecule has 2 fully saturated rings. The molecule has 0 radical (unpaired) electrons. The fourth-order valence-corrected chi connectivity index (χ4v) is 4.75. The summed E-state index contributed by atoms with van der Waals surface area (Å²) in [6, 6.07) is 9.60. The number of benzene rings is 1. The minimum Gasteiger partial charge on any atom is -0.369 e. The first-order chi connectivity index (χ1) is 14.6. The molecule has 0 bridgehead atoms. The highest BCUT2D eigenvalue weighted by Gasteiger charge is 2.25. The van der Waals surface area contributed by atoms with E-state index in [2.05, 4.69) is 31.5 Å². The highest BCUT2D eigenvalue weighted by molar-refractivity contribution is 7.07. The first kappa shape index (κ1) is 20.8. The molecule has 2 N–H and O–H groups in total. The Hall–Kier alpha value is -2.42. The van der Waals surface area contributed by atoms with Crippen molar-refractivity contribution in [3.63, 3.8) is 0 Å². The molecule has 0 atom stereocenters. The van der Waals surface area contributed by atoms with Gasteiger partial charge in [-0.15, -0.1) is 0 Å². The van der Waals surface area contributed by atoms with E-state index in [1.54, 1.807) is 23.5 Å². The summed E-state index contributed by atoms with van der Waals surface area (Å²) in [6.07, 6.45) is 0. The van der Waals surface area contributed by atoms with Crippen molar-refractivity contribution in [2.45, 2.75) is 6.54 Å². The summed E-state index contributed by atoms with van der Waals surface area (Å²) in [5.74, 6) is -0.165. The lowest BCUT2D eigenvalue weighted by molar-refractivity contribution is -0.134. The van der Waals surface area contributed by atoms with E-state index in [4.69, 9.17) is 5.73 Å². The Bertz CT molecular complexity index is 839. The Kier molecular flexibility index (Phi) is 6.66. The second-order valence-electron chi connectivity index (χ2n) is 7.96. The lowest BCUT2D eigenvalue weighted by Crippen LogP contribution is -2.53. The van der Waals surface area contributed by atoms with Crippen LogP contribution >= 0.6 is 11.3 Å². The highest BCUT2D eigenvalue weighted by Crippen LogP contribution is 2.18. The predicted octanol–water partition coefficient (Wildman–Crippen LogP) is 1.31. The van der Waals surface area contributed by atoms with Gasteiger partial charge in [0.15, 0.2) is 0 Å². The van der Waals surface area contributed by atoms with Gasteiger partial charge in [0.05, 0.1) is 6.54 Å². The van der Waals surface area contributed by atoms with Gasteiger partial charge in [-0.2, -0.15) is 11.3 Å². The normalized spacial score (nSPS) is 18.5. The first-order valence-corrected chi connectivity index (χ1v) is 11.4. The number of carbonyl (C=O) groups is 2. The van der Waals surface area contributed by atoms with Crippen molar-refractivity contribution in [1.29, 1.82) is 0 Å². The van der Waals surface area contributed by atoms with E-state index in [1.165, 1.54) is 5.56 Å². The molecule has 2 amide bonds. The van der Waals surface area contributed by atoms with Gasteiger partial charge in [-0.1, -0.05) is 0 Å². The number of thiophene rings is 1. The maximum absolute atomic E-state index is 12.8. The number of carbonyl (C=O) groups excluding carboxylic acids is 2. The fraction of sp³-hybridized carbons (Fsp3) is 0.455. The Balaban J connectivity index is 1.19. The first-order valence-electron chi connectivity index (χ1n) is 10.5. The molecular formula is C22H29N5O2S. The van der Waals surface area contributed by atoms with Crippen molar-refractivity contribution in [1.82, 2.24) is 14.7 Å². The molecule has 1 aromatic heterocycles. The lowest BCUT2D eigenvalue weighted by Gasteiger charge is -2.38. The number of piperazine rings is 2. The van der Waals surface area contributed by atoms with Crippen LogP contribution < -0.4 is 10.6 Å². The SMILES string of the molecule is NC(=O)c1ccc(N2CCN(CC(=O)N3CCN(Cc4ccsc4)CC3)CC2)cc1. The van der Waals surface area contributed by atoms with Gasteiger partial charge in [-0.3, -0.25) is 19.4 Å². The zero-order valence-electron chi connectivity index (χ0n) is 17.2. The average molecular weight is 428 g/mol. The molecular weight excluding hydrogens is 398 g/mol. The number of amides is 2. The molecule has 2 aliphatic rings. The third-order valence-electron chi connectivity index (χ3n) is 5.96. The van der Waals surface area contributed by atoms with Gasteiger partial charge in [0.2, 0.25) is 11.8 Å². The van der Waals surface area contributed by atoms with Gasteiger partial charge in [-0.25, -0.2) is 0 Å². The summed E-state index contributed by atoms with van der Waals surface area (Å²) in [4.78, 5) is 32.9. The van der Waals surface area contributed by atoms with Crippen LogP contribution in [0.1, 0.15) is 15.9 Å². The molecule has 160 valence electrons. The maximum atomic E-state index is 12.8. The summed E-state index contributed by atoms with van der Waals surface area (Å²) >= 11 is 1.73. The number of anilines is 1. The smallest absolute Gasteiger partial charge is 0.248 e. The molecule has 0 saturated carbocycles. The van der Waals surface area contributed by atoms with Crippen LogP contribution in [0.4, 0.5) is 5.69 Å². The minimum absolute atomic E-state index is 0.240. The van der Waals surface area contributed by atoms with Crippen molar-refractivity contribution in [3.8, 4) is 0 Å². The van der Waals surface area contributed by atoms with Gasteiger partial charge in [-0.05, 0) is 46.7 Å². The number of hydrogen-bond donors (Lipinski definition) is 1. The van der Waals surface area contributed by atoms with E-state index >= 15 is 0 Å². The zero-order chi connectivity index (χ0) is 20.9. The Morgan fingerprint density at radius 3 is 2.13 bits per heavy atom. The van der Waals surface area contributed by atoms with Crippen LogP contribution in [0.15, 0.2) is 41.1 Å². The Morgan fingerprint density at radius 1 is 0.867 bits per heavy atom. The topological polar surface area (TPSA) is 73.1 Å². The molecule has 30 heavy (non-hydrogen) atoms. The fourth-order valence-electron chi connectivity index (χ4n) is 4.09. The standard InChI is InChI=1S/C22H29N5O2S/c23-22(29)19-1-3-20(4-2-19)26-10-6-25(7-11-26)16-21(28)27-12-8-24(9-13-27)15-18-5-14-30-17-18/h1-5,14,17H,6-13,15-16H2,(H2,23,29). The van der Waals surface area contributed by atoms with Gasteiger partial charge < -0.3 is 15.5 Å². The van der Waals surface area contributed by atoms with Crippen molar-refractivity contribution >= 4 is 28.8 Å². The molecule has 3 heterocycles. The molecule has 0 spiro atoms. The third-order valence-corrected chi connectivity index (χ3v) is 6.69. The van der Waals surface area contributed by atoms with Crippen LogP contribution in [-0.4, -0.2) is 85.4 Å². The third kappa shape index (κ3) is 5.19. The van der Waals surface area contributed by atoms with Crippen molar-refractivity contribution in [3.05, 3.63) is 52.2 Å². The molecule has 8 heteroatoms. The van der Waals surface area contributed by atoms with Crippen LogP contribution in [0.5, 0.6) is 0 Å². The summed E-state index contributed by atoms with van der Waals surface area (Å²) in [6.45, 7) is 8.46. The summed E-state index contributed by atoms with van der Waals surface area (Å²) in [5.41, 5.74) is 8.29. The van der Waals surface area contributed by atoms with E-state index in [0.717, 1.165) is 64.6 Å². The summed E-state index contributed by atoms with van der Waals surface area (Å²) in [5, 5.41) is 4.31. The van der Waals surface area contributed by atoms with Gasteiger partial charge >= 0.3 is 0 Å². The second-order valence-corrected chi connectivity index (χ2v) is 8.74. The minimum atomic E-state index is -0.405. The summed E-state index contributed by atoms with van der Waals surface area (Å²) in [7, 11) is 0. The predicted molar refractivity (Wildman–Crippen MR) is 120 cm³/mol. The molecule has 0 unspecified atom stereocenters. The van der Waals surface area contributed by atoms with Gasteiger partial charge in [0, 0.05) is 70.2 Å². The van der Waals surface area contributed by atoms with E-state index in [1.807, 2.05) is 17.0 Å². The van der Waals surface area contributed by atoms with Crippen LogP contribution in [0.3, 0.4) is 0 Å². The highest BCUT2D eigenvalue weighted by atomic mass is 32.1. The molecule has 1 aromatic carbocycles. The maximum Gasteiger partial charge on any atom is 0.248 e. The average Bonchev–Trinajstić information content (AvgIpc) is 3.28. The van der Waals surface area contributed by atoms with Crippen molar-refractivity contribution in [2.24, 2.45) is 5.73 Å². The van der Waals surface area contributed by atoms with E-state index in [0.29, 0.717) is 12.1 Å². The van der Waals surface area contributed by atoms with Crippen LogP contribution in [-0.2, 0) is 11.3 Å². The van der Waals surface area contributed by atoms with Gasteiger partial charge in [0.25, 0.3) is 0 Å². The van der Waals surface area contributed by atoms with Crippen LogP contribution in [0.25, 0.3) is 0 Å². The van der Waals surface area contributed by atoms with Crippen LogP contribution in [0.2, 0.25) is 0 Å². The van der Waals surface area contributed by atoms with E-state index < -0.39 is 5.91 Å². The van der Waals surface area contributed by atoms with E-state index in [9.17, 15) is 9.59 Å². The number of nitrogens with two attached hydrogens (primary N) is 1.